The highest BCUT2D eigenvalue weighted by Gasteiger charge is 2.22. The summed E-state index contributed by atoms with van der Waals surface area (Å²) in [4.78, 5) is 0. The Morgan fingerprint density at radius 3 is 2.19 bits per heavy atom. The van der Waals surface area contributed by atoms with Crippen molar-refractivity contribution in [2.75, 3.05) is 34.4 Å². The summed E-state index contributed by atoms with van der Waals surface area (Å²) >= 11 is 0. The van der Waals surface area contributed by atoms with Gasteiger partial charge >= 0.3 is 0 Å². The van der Waals surface area contributed by atoms with Gasteiger partial charge in [0.1, 0.15) is 0 Å². The second-order valence-corrected chi connectivity index (χ2v) is 5.43. The third-order valence-electron chi connectivity index (χ3n) is 3.97. The summed E-state index contributed by atoms with van der Waals surface area (Å²) in [7, 11) is 4.85. The van der Waals surface area contributed by atoms with E-state index in [9.17, 15) is 0 Å². The maximum absolute atomic E-state index is 5.92. The molecular weight excluding hydrogens is 268 g/mol. The van der Waals surface area contributed by atoms with Crippen molar-refractivity contribution in [3.8, 4) is 17.2 Å². The van der Waals surface area contributed by atoms with Crippen LogP contribution >= 0.6 is 0 Å². The smallest absolute Gasteiger partial charge is 0.203 e. The summed E-state index contributed by atoms with van der Waals surface area (Å²) < 4.78 is 16.1. The molecule has 21 heavy (non-hydrogen) atoms. The van der Waals surface area contributed by atoms with E-state index in [1.54, 1.807) is 21.3 Å². The molecule has 1 aliphatic carbocycles. The molecule has 0 bridgehead atoms. The van der Waals surface area contributed by atoms with Gasteiger partial charge in [-0.3, -0.25) is 0 Å². The van der Waals surface area contributed by atoms with Gasteiger partial charge in [-0.1, -0.05) is 12.8 Å². The molecule has 0 amide bonds. The van der Waals surface area contributed by atoms with E-state index >= 15 is 0 Å². The van der Waals surface area contributed by atoms with Gasteiger partial charge in [-0.15, -0.1) is 0 Å². The zero-order valence-electron chi connectivity index (χ0n) is 13.1. The molecule has 5 heteroatoms. The van der Waals surface area contributed by atoms with Crippen molar-refractivity contribution >= 4 is 0 Å². The summed E-state index contributed by atoms with van der Waals surface area (Å²) in [6.07, 6.45) is 3.97. The molecule has 0 aliphatic heterocycles. The molecule has 1 aromatic rings. The molecule has 1 aromatic carbocycles. The first-order valence-electron chi connectivity index (χ1n) is 7.46. The van der Waals surface area contributed by atoms with Gasteiger partial charge in [0.2, 0.25) is 5.75 Å². The van der Waals surface area contributed by atoms with E-state index in [4.69, 9.17) is 19.9 Å². The zero-order chi connectivity index (χ0) is 15.2. The van der Waals surface area contributed by atoms with Crippen molar-refractivity contribution in [3.63, 3.8) is 0 Å². The average Bonchev–Trinajstić information content (AvgIpc) is 3.34. The molecule has 1 aliphatic rings. The van der Waals surface area contributed by atoms with Crippen molar-refractivity contribution < 1.29 is 14.2 Å². The van der Waals surface area contributed by atoms with E-state index in [1.807, 2.05) is 12.1 Å². The molecule has 3 N–H and O–H groups in total. The summed E-state index contributed by atoms with van der Waals surface area (Å²) in [5.41, 5.74) is 6.97. The van der Waals surface area contributed by atoms with E-state index < -0.39 is 0 Å². The molecular formula is C16H26N2O3. The standard InChI is InChI=1S/C16H26N2O3/c1-19-14-8-12(9-15(20-2)16(14)21-3)13(10-17)18-7-6-11-4-5-11/h8-9,11,13,18H,4-7,10,17H2,1-3H3. The summed E-state index contributed by atoms with van der Waals surface area (Å²) in [5.74, 6) is 2.84. The number of nitrogens with one attached hydrogen (secondary N) is 1. The van der Waals surface area contributed by atoms with Crippen molar-refractivity contribution in [3.05, 3.63) is 17.7 Å². The van der Waals surface area contributed by atoms with Crippen molar-refractivity contribution in [2.45, 2.75) is 25.3 Å². The minimum absolute atomic E-state index is 0.0949. The number of nitrogens with two attached hydrogens (primary N) is 1. The van der Waals surface area contributed by atoms with Crippen LogP contribution in [0.3, 0.4) is 0 Å². The molecule has 5 nitrogen and oxygen atoms in total. The second kappa shape index (κ2) is 7.52. The molecule has 1 atom stereocenters. The normalized spacial score (nSPS) is 15.6. The van der Waals surface area contributed by atoms with E-state index in [0.29, 0.717) is 23.8 Å². The van der Waals surface area contributed by atoms with Crippen LogP contribution in [0.1, 0.15) is 30.9 Å². The molecule has 1 fully saturated rings. The van der Waals surface area contributed by atoms with Gasteiger partial charge in [-0.25, -0.2) is 0 Å². The van der Waals surface area contributed by atoms with E-state index in [0.717, 1.165) is 18.0 Å². The maximum Gasteiger partial charge on any atom is 0.203 e. The van der Waals surface area contributed by atoms with Crippen molar-refractivity contribution in [1.29, 1.82) is 0 Å². The molecule has 1 unspecified atom stereocenters. The van der Waals surface area contributed by atoms with Crippen LogP contribution in [0.15, 0.2) is 12.1 Å². The fraction of sp³-hybridized carbons (Fsp3) is 0.625. The molecule has 0 radical (unpaired) electrons. The highest BCUT2D eigenvalue weighted by atomic mass is 16.5. The molecule has 1 saturated carbocycles. The van der Waals surface area contributed by atoms with Gasteiger partial charge in [-0.05, 0) is 36.6 Å². The van der Waals surface area contributed by atoms with Gasteiger partial charge in [0.15, 0.2) is 11.5 Å². The monoisotopic (exact) mass is 294 g/mol. The highest BCUT2D eigenvalue weighted by molar-refractivity contribution is 5.54. The zero-order valence-corrected chi connectivity index (χ0v) is 13.1. The highest BCUT2D eigenvalue weighted by Crippen LogP contribution is 2.39. The average molecular weight is 294 g/mol. The van der Waals surface area contributed by atoms with E-state index in [-0.39, 0.29) is 6.04 Å². The van der Waals surface area contributed by atoms with Crippen LogP contribution in [0.4, 0.5) is 0 Å². The van der Waals surface area contributed by atoms with Gasteiger partial charge < -0.3 is 25.3 Å². The first kappa shape index (κ1) is 15.9. The SMILES string of the molecule is COc1cc(C(CN)NCCC2CC2)cc(OC)c1OC. The Labute approximate surface area is 126 Å². The maximum atomic E-state index is 5.92. The Morgan fingerprint density at radius 1 is 1.14 bits per heavy atom. The Morgan fingerprint density at radius 2 is 1.76 bits per heavy atom. The number of hydrogen-bond acceptors (Lipinski definition) is 5. The number of ether oxygens (including phenoxy) is 3. The third-order valence-corrected chi connectivity index (χ3v) is 3.97. The van der Waals surface area contributed by atoms with Crippen LogP contribution in [0.5, 0.6) is 17.2 Å². The molecule has 0 spiro atoms. The predicted molar refractivity (Wildman–Crippen MR) is 83.2 cm³/mol. The van der Waals surface area contributed by atoms with Gasteiger partial charge in [0.25, 0.3) is 0 Å². The number of hydrogen-bond donors (Lipinski definition) is 2. The summed E-state index contributed by atoms with van der Waals surface area (Å²) in [6.45, 7) is 1.52. The quantitative estimate of drug-likeness (QED) is 0.730. The fourth-order valence-electron chi connectivity index (χ4n) is 2.51. The fourth-order valence-corrected chi connectivity index (χ4v) is 2.51. The van der Waals surface area contributed by atoms with Crippen LogP contribution in [-0.4, -0.2) is 34.4 Å². The minimum Gasteiger partial charge on any atom is -0.493 e. The number of benzene rings is 1. The Bertz CT molecular complexity index is 436. The van der Waals surface area contributed by atoms with Crippen LogP contribution in [0.2, 0.25) is 0 Å². The Balaban J connectivity index is 2.14. The summed E-state index contributed by atoms with van der Waals surface area (Å²) in [6, 6.07) is 4.02. The minimum atomic E-state index is 0.0949. The molecule has 118 valence electrons. The molecule has 0 saturated heterocycles. The van der Waals surface area contributed by atoms with Gasteiger partial charge in [-0.2, -0.15) is 0 Å². The largest absolute Gasteiger partial charge is 0.493 e. The van der Waals surface area contributed by atoms with E-state index in [1.165, 1.54) is 19.3 Å². The predicted octanol–water partition coefficient (Wildman–Crippen LogP) is 2.10. The Hall–Kier alpha value is -1.46. The lowest BCUT2D eigenvalue weighted by molar-refractivity contribution is 0.323. The third kappa shape index (κ3) is 4.02. The number of rotatable bonds is 9. The van der Waals surface area contributed by atoms with Crippen LogP contribution in [0.25, 0.3) is 0 Å². The molecule has 0 aromatic heterocycles. The lowest BCUT2D eigenvalue weighted by Gasteiger charge is -2.20. The Kier molecular flexibility index (Phi) is 5.70. The lowest BCUT2D eigenvalue weighted by Crippen LogP contribution is -2.29. The van der Waals surface area contributed by atoms with Crippen LogP contribution < -0.4 is 25.3 Å². The van der Waals surface area contributed by atoms with Crippen molar-refractivity contribution in [1.82, 2.24) is 5.32 Å². The van der Waals surface area contributed by atoms with Crippen LogP contribution in [-0.2, 0) is 0 Å². The van der Waals surface area contributed by atoms with Crippen molar-refractivity contribution in [2.24, 2.45) is 11.7 Å². The second-order valence-electron chi connectivity index (χ2n) is 5.43. The lowest BCUT2D eigenvalue weighted by atomic mass is 10.0. The van der Waals surface area contributed by atoms with Gasteiger partial charge in [0, 0.05) is 12.6 Å². The number of methoxy groups -OCH3 is 3. The van der Waals surface area contributed by atoms with Gasteiger partial charge in [0.05, 0.1) is 21.3 Å². The first-order valence-corrected chi connectivity index (χ1v) is 7.46. The summed E-state index contributed by atoms with van der Waals surface area (Å²) in [5, 5.41) is 3.52. The first-order chi connectivity index (χ1) is 10.2. The van der Waals surface area contributed by atoms with Crippen LogP contribution in [0, 0.1) is 5.92 Å². The van der Waals surface area contributed by atoms with E-state index in [2.05, 4.69) is 5.32 Å². The topological polar surface area (TPSA) is 65.7 Å². The molecule has 2 rings (SSSR count). The molecule has 0 heterocycles.